The lowest BCUT2D eigenvalue weighted by Crippen LogP contribution is -2.46. The van der Waals surface area contributed by atoms with Gasteiger partial charge in [-0.05, 0) is 47.0 Å². The molecule has 2 unspecified atom stereocenters. The summed E-state index contributed by atoms with van der Waals surface area (Å²) in [4.78, 5) is 14.1. The van der Waals surface area contributed by atoms with E-state index in [0.717, 1.165) is 30.2 Å². The predicted molar refractivity (Wildman–Crippen MR) is 78.9 cm³/mol. The summed E-state index contributed by atoms with van der Waals surface area (Å²) >= 11 is 3.33. The van der Waals surface area contributed by atoms with Crippen molar-refractivity contribution in [1.29, 1.82) is 0 Å². The zero-order valence-corrected chi connectivity index (χ0v) is 12.6. The number of nitrogen functional groups attached to an aromatic ring is 1. The third-order valence-electron chi connectivity index (χ3n) is 3.76. The Balaban J connectivity index is 2.15. The third-order valence-corrected chi connectivity index (χ3v) is 4.45. The summed E-state index contributed by atoms with van der Waals surface area (Å²) in [5.41, 5.74) is 6.91. The van der Waals surface area contributed by atoms with Crippen LogP contribution in [0.4, 0.5) is 5.69 Å². The van der Waals surface area contributed by atoms with Crippen LogP contribution in [0.2, 0.25) is 0 Å². The smallest absolute Gasteiger partial charge is 0.253 e. The molecule has 1 aliphatic rings. The van der Waals surface area contributed by atoms with Crippen molar-refractivity contribution in [3.8, 4) is 0 Å². The first-order chi connectivity index (χ1) is 9.00. The first kappa shape index (κ1) is 14.3. The summed E-state index contributed by atoms with van der Waals surface area (Å²) in [6, 6.07) is 5.07. The SMILES string of the molecule is CN(C(=O)c1ccc(N)c(Br)c1)C1CCCCC1O. The molecular weight excluding hydrogens is 308 g/mol. The second-order valence-electron chi connectivity index (χ2n) is 5.07. The maximum Gasteiger partial charge on any atom is 0.253 e. The molecule has 2 rings (SSSR count). The van der Waals surface area contributed by atoms with E-state index in [1.807, 2.05) is 0 Å². The van der Waals surface area contributed by atoms with Crippen molar-refractivity contribution in [3.63, 3.8) is 0 Å². The van der Waals surface area contributed by atoms with Gasteiger partial charge in [-0.1, -0.05) is 12.8 Å². The van der Waals surface area contributed by atoms with Crippen molar-refractivity contribution >= 4 is 27.5 Å². The molecule has 3 N–H and O–H groups in total. The number of halogens is 1. The van der Waals surface area contributed by atoms with Gasteiger partial charge in [0.25, 0.3) is 5.91 Å². The maximum absolute atomic E-state index is 12.4. The fourth-order valence-corrected chi connectivity index (χ4v) is 2.94. The summed E-state index contributed by atoms with van der Waals surface area (Å²) in [5, 5.41) is 10.0. The topological polar surface area (TPSA) is 66.6 Å². The summed E-state index contributed by atoms with van der Waals surface area (Å²) in [6.07, 6.45) is 3.31. The molecule has 1 fully saturated rings. The molecule has 0 aliphatic heterocycles. The van der Waals surface area contributed by atoms with E-state index in [-0.39, 0.29) is 11.9 Å². The Morgan fingerprint density at radius 2 is 2.11 bits per heavy atom. The summed E-state index contributed by atoms with van der Waals surface area (Å²) in [7, 11) is 1.76. The van der Waals surface area contributed by atoms with Crippen LogP contribution in [0, 0.1) is 0 Å². The van der Waals surface area contributed by atoms with Crippen LogP contribution in [0.25, 0.3) is 0 Å². The van der Waals surface area contributed by atoms with Gasteiger partial charge in [0.1, 0.15) is 0 Å². The van der Waals surface area contributed by atoms with Crippen molar-refractivity contribution in [2.45, 2.75) is 37.8 Å². The minimum absolute atomic E-state index is 0.0772. The minimum Gasteiger partial charge on any atom is -0.398 e. The summed E-state index contributed by atoms with van der Waals surface area (Å²) in [6.45, 7) is 0. The van der Waals surface area contributed by atoms with E-state index in [0.29, 0.717) is 11.3 Å². The van der Waals surface area contributed by atoms with Crippen molar-refractivity contribution in [3.05, 3.63) is 28.2 Å². The molecule has 1 saturated carbocycles. The molecule has 0 bridgehead atoms. The van der Waals surface area contributed by atoms with Gasteiger partial charge in [-0.3, -0.25) is 4.79 Å². The van der Waals surface area contributed by atoms with Gasteiger partial charge in [0, 0.05) is 22.8 Å². The van der Waals surface area contributed by atoms with Crippen LogP contribution in [0.1, 0.15) is 36.0 Å². The number of hydrogen-bond donors (Lipinski definition) is 2. The Labute approximate surface area is 121 Å². The van der Waals surface area contributed by atoms with Crippen molar-refractivity contribution in [2.24, 2.45) is 0 Å². The van der Waals surface area contributed by atoms with Crippen LogP contribution in [0.15, 0.2) is 22.7 Å². The molecule has 0 heterocycles. The first-order valence-corrected chi connectivity index (χ1v) is 7.30. The lowest BCUT2D eigenvalue weighted by molar-refractivity contribution is 0.0268. The number of hydrogen-bond acceptors (Lipinski definition) is 3. The highest BCUT2D eigenvalue weighted by molar-refractivity contribution is 9.10. The van der Waals surface area contributed by atoms with Crippen LogP contribution in [-0.4, -0.2) is 35.1 Å². The molecule has 1 aromatic carbocycles. The molecule has 0 spiro atoms. The fraction of sp³-hybridized carbons (Fsp3) is 0.500. The lowest BCUT2D eigenvalue weighted by atomic mass is 9.91. The number of likely N-dealkylation sites (N-methyl/N-ethyl adjacent to an activating group) is 1. The Morgan fingerprint density at radius 3 is 2.74 bits per heavy atom. The largest absolute Gasteiger partial charge is 0.398 e. The summed E-state index contributed by atoms with van der Waals surface area (Å²) < 4.78 is 0.718. The van der Waals surface area contributed by atoms with E-state index in [1.54, 1.807) is 30.1 Å². The maximum atomic E-state index is 12.4. The number of nitrogens with two attached hydrogens (primary N) is 1. The average molecular weight is 327 g/mol. The average Bonchev–Trinajstić information content (AvgIpc) is 2.41. The van der Waals surface area contributed by atoms with Crippen molar-refractivity contribution in [2.75, 3.05) is 12.8 Å². The molecule has 0 saturated heterocycles. The number of nitrogens with zero attached hydrogens (tertiary/aromatic N) is 1. The third kappa shape index (κ3) is 3.09. The van der Waals surface area contributed by atoms with Gasteiger partial charge < -0.3 is 15.7 Å². The molecule has 2 atom stereocenters. The van der Waals surface area contributed by atoms with Gasteiger partial charge >= 0.3 is 0 Å². The number of carbonyl (C=O) groups excluding carboxylic acids is 1. The van der Waals surface area contributed by atoms with Crippen LogP contribution in [0.5, 0.6) is 0 Å². The highest BCUT2D eigenvalue weighted by Crippen LogP contribution is 2.25. The van der Waals surface area contributed by atoms with Gasteiger partial charge in [-0.25, -0.2) is 0 Å². The Hall–Kier alpha value is -1.07. The van der Waals surface area contributed by atoms with E-state index in [9.17, 15) is 9.90 Å². The number of anilines is 1. The highest BCUT2D eigenvalue weighted by atomic mass is 79.9. The van der Waals surface area contributed by atoms with Gasteiger partial charge in [-0.15, -0.1) is 0 Å². The Kier molecular flexibility index (Phi) is 4.47. The standard InChI is InChI=1S/C14H19BrN2O2/c1-17(12-4-2-3-5-13(12)18)14(19)9-6-7-11(16)10(15)8-9/h6-8,12-13,18H,2-5,16H2,1H3. The fourth-order valence-electron chi connectivity index (χ4n) is 2.56. The lowest BCUT2D eigenvalue weighted by Gasteiger charge is -2.35. The number of benzene rings is 1. The number of amides is 1. The highest BCUT2D eigenvalue weighted by Gasteiger charge is 2.29. The molecule has 1 aromatic rings. The van der Waals surface area contributed by atoms with Crippen molar-refractivity contribution in [1.82, 2.24) is 4.90 Å². The predicted octanol–water partition coefficient (Wildman–Crippen LogP) is 2.41. The van der Waals surface area contributed by atoms with E-state index >= 15 is 0 Å². The molecule has 5 heteroatoms. The molecule has 4 nitrogen and oxygen atoms in total. The minimum atomic E-state index is -0.417. The van der Waals surface area contributed by atoms with Gasteiger partial charge in [0.15, 0.2) is 0 Å². The monoisotopic (exact) mass is 326 g/mol. The Bertz CT molecular complexity index is 479. The van der Waals surface area contributed by atoms with E-state index in [2.05, 4.69) is 15.9 Å². The van der Waals surface area contributed by atoms with Crippen LogP contribution < -0.4 is 5.73 Å². The van der Waals surface area contributed by atoms with Crippen LogP contribution in [0.3, 0.4) is 0 Å². The van der Waals surface area contributed by atoms with Gasteiger partial charge in [-0.2, -0.15) is 0 Å². The molecule has 104 valence electrons. The molecule has 19 heavy (non-hydrogen) atoms. The molecule has 1 amide bonds. The number of aliphatic hydroxyl groups is 1. The van der Waals surface area contributed by atoms with Crippen molar-refractivity contribution < 1.29 is 9.90 Å². The number of rotatable bonds is 2. The molecule has 0 aromatic heterocycles. The molecule has 0 radical (unpaired) electrons. The molecule has 1 aliphatic carbocycles. The first-order valence-electron chi connectivity index (χ1n) is 6.51. The number of carbonyl (C=O) groups is 1. The number of aliphatic hydroxyl groups excluding tert-OH is 1. The zero-order valence-electron chi connectivity index (χ0n) is 11.0. The zero-order chi connectivity index (χ0) is 14.0. The van der Waals surface area contributed by atoms with Crippen LogP contribution >= 0.6 is 15.9 Å². The molecular formula is C14H19BrN2O2. The van der Waals surface area contributed by atoms with E-state index in [4.69, 9.17) is 5.73 Å². The van der Waals surface area contributed by atoms with E-state index < -0.39 is 6.10 Å². The second-order valence-corrected chi connectivity index (χ2v) is 5.93. The normalized spacial score (nSPS) is 23.1. The van der Waals surface area contributed by atoms with E-state index in [1.165, 1.54) is 0 Å². The van der Waals surface area contributed by atoms with Gasteiger partial charge in [0.2, 0.25) is 0 Å². The van der Waals surface area contributed by atoms with Crippen LogP contribution in [-0.2, 0) is 0 Å². The second kappa shape index (κ2) is 5.92. The summed E-state index contributed by atoms with van der Waals surface area (Å²) in [5.74, 6) is -0.0772. The quantitative estimate of drug-likeness (QED) is 0.820. The van der Waals surface area contributed by atoms with Gasteiger partial charge in [0.05, 0.1) is 12.1 Å². The Morgan fingerprint density at radius 1 is 1.42 bits per heavy atom.